The van der Waals surface area contributed by atoms with Crippen LogP contribution in [0.3, 0.4) is 0 Å². The number of ketones is 1. The van der Waals surface area contributed by atoms with E-state index in [-0.39, 0.29) is 5.78 Å². The lowest BCUT2D eigenvalue weighted by atomic mass is 10.1. The average molecular weight is 278 g/mol. The van der Waals surface area contributed by atoms with Crippen LogP contribution in [0, 0.1) is 13.8 Å². The molecule has 3 aromatic rings. The Morgan fingerprint density at radius 1 is 1.05 bits per heavy atom. The summed E-state index contributed by atoms with van der Waals surface area (Å²) in [5.74, 6) is -0.113. The van der Waals surface area contributed by atoms with Gasteiger partial charge in [0.05, 0.1) is 11.9 Å². The van der Waals surface area contributed by atoms with Crippen LogP contribution in [-0.2, 0) is 0 Å². The van der Waals surface area contributed by atoms with Gasteiger partial charge in [-0.15, -0.1) is 5.10 Å². The van der Waals surface area contributed by atoms with Gasteiger partial charge in [0.2, 0.25) is 5.78 Å². The van der Waals surface area contributed by atoms with Gasteiger partial charge in [0.1, 0.15) is 5.69 Å². The fourth-order valence-electron chi connectivity index (χ4n) is 2.26. The van der Waals surface area contributed by atoms with E-state index in [2.05, 4.69) is 15.3 Å². The van der Waals surface area contributed by atoms with E-state index in [4.69, 9.17) is 0 Å². The van der Waals surface area contributed by atoms with E-state index >= 15 is 0 Å². The summed E-state index contributed by atoms with van der Waals surface area (Å²) >= 11 is 0. The molecular weight excluding hydrogens is 264 g/mol. The van der Waals surface area contributed by atoms with Gasteiger partial charge < -0.3 is 0 Å². The highest BCUT2D eigenvalue weighted by Gasteiger charge is 2.17. The molecule has 0 aliphatic heterocycles. The molecule has 1 aromatic carbocycles. The quantitative estimate of drug-likeness (QED) is 0.691. The molecule has 0 spiro atoms. The minimum Gasteiger partial charge on any atom is -0.287 e. The fourth-order valence-corrected chi connectivity index (χ4v) is 2.26. The minimum absolute atomic E-state index is 0.113. The molecule has 0 atom stereocenters. The van der Waals surface area contributed by atoms with Gasteiger partial charge in [-0.25, -0.2) is 4.68 Å². The smallest absolute Gasteiger partial charge is 0.213 e. The molecule has 3 rings (SSSR count). The fraction of sp³-hybridized carbons (Fsp3) is 0.125. The van der Waals surface area contributed by atoms with Crippen molar-refractivity contribution in [2.45, 2.75) is 13.8 Å². The summed E-state index contributed by atoms with van der Waals surface area (Å²) in [5.41, 5.74) is 3.47. The normalized spacial score (nSPS) is 10.6. The summed E-state index contributed by atoms with van der Waals surface area (Å²) in [6, 6.07) is 13.0. The molecule has 21 heavy (non-hydrogen) atoms. The van der Waals surface area contributed by atoms with Crippen LogP contribution in [-0.4, -0.2) is 25.8 Å². The first-order valence-electron chi connectivity index (χ1n) is 6.61. The van der Waals surface area contributed by atoms with Crippen molar-refractivity contribution in [3.63, 3.8) is 0 Å². The minimum atomic E-state index is -0.113. The zero-order valence-corrected chi connectivity index (χ0v) is 11.8. The number of carbonyl (C=O) groups is 1. The van der Waals surface area contributed by atoms with Crippen molar-refractivity contribution in [3.8, 4) is 5.69 Å². The van der Waals surface area contributed by atoms with E-state index in [1.807, 2.05) is 44.2 Å². The van der Waals surface area contributed by atoms with Crippen molar-refractivity contribution in [1.82, 2.24) is 20.0 Å². The van der Waals surface area contributed by atoms with Gasteiger partial charge in [-0.1, -0.05) is 23.4 Å². The van der Waals surface area contributed by atoms with Gasteiger partial charge in [0.15, 0.2) is 0 Å². The zero-order valence-electron chi connectivity index (χ0n) is 11.8. The van der Waals surface area contributed by atoms with E-state index in [1.54, 1.807) is 16.8 Å². The molecule has 0 aliphatic rings. The SMILES string of the molecule is Cc1cc(C(=O)c2cnnn2-c2ccccc2)cc(C)n1. The number of hydrogen-bond donors (Lipinski definition) is 0. The first-order chi connectivity index (χ1) is 10.1. The number of nitrogens with zero attached hydrogens (tertiary/aromatic N) is 4. The molecule has 0 N–H and O–H groups in total. The van der Waals surface area contributed by atoms with Crippen molar-refractivity contribution in [2.75, 3.05) is 0 Å². The summed E-state index contributed by atoms with van der Waals surface area (Å²) in [7, 11) is 0. The van der Waals surface area contributed by atoms with Gasteiger partial charge in [-0.2, -0.15) is 0 Å². The first-order valence-corrected chi connectivity index (χ1v) is 6.61. The van der Waals surface area contributed by atoms with Crippen molar-refractivity contribution >= 4 is 5.78 Å². The van der Waals surface area contributed by atoms with Gasteiger partial charge in [-0.3, -0.25) is 9.78 Å². The number of pyridine rings is 1. The van der Waals surface area contributed by atoms with Crippen LogP contribution in [0.4, 0.5) is 0 Å². The molecule has 0 aliphatic carbocycles. The highest BCUT2D eigenvalue weighted by Crippen LogP contribution is 2.14. The van der Waals surface area contributed by atoms with E-state index in [0.29, 0.717) is 11.3 Å². The Kier molecular flexibility index (Phi) is 3.31. The Hall–Kier alpha value is -2.82. The Bertz CT molecular complexity index is 773. The lowest BCUT2D eigenvalue weighted by molar-refractivity contribution is 0.103. The highest BCUT2D eigenvalue weighted by molar-refractivity contribution is 6.08. The standard InChI is InChI=1S/C16H14N4O/c1-11-8-13(9-12(2)18-11)16(21)15-10-17-19-20(15)14-6-4-3-5-7-14/h3-10H,1-2H3. The number of rotatable bonds is 3. The summed E-state index contributed by atoms with van der Waals surface area (Å²) < 4.78 is 1.55. The Labute approximate surface area is 122 Å². The van der Waals surface area contributed by atoms with Crippen LogP contribution >= 0.6 is 0 Å². The van der Waals surface area contributed by atoms with Gasteiger partial charge in [0.25, 0.3) is 0 Å². The molecule has 0 bridgehead atoms. The van der Waals surface area contributed by atoms with Crippen molar-refractivity contribution in [1.29, 1.82) is 0 Å². The lowest BCUT2D eigenvalue weighted by Crippen LogP contribution is -2.10. The maximum atomic E-state index is 12.7. The molecule has 0 fully saturated rings. The second-order valence-electron chi connectivity index (χ2n) is 4.83. The van der Waals surface area contributed by atoms with E-state index < -0.39 is 0 Å². The molecule has 5 nitrogen and oxygen atoms in total. The molecule has 104 valence electrons. The summed E-state index contributed by atoms with van der Waals surface area (Å²) in [4.78, 5) is 17.0. The molecule has 5 heteroatoms. The topological polar surface area (TPSA) is 60.7 Å². The van der Waals surface area contributed by atoms with Crippen LogP contribution < -0.4 is 0 Å². The molecule has 0 saturated carbocycles. The van der Waals surface area contributed by atoms with E-state index in [1.165, 1.54) is 6.20 Å². The Balaban J connectivity index is 2.06. The number of aromatic nitrogens is 4. The van der Waals surface area contributed by atoms with Crippen LogP contribution in [0.25, 0.3) is 5.69 Å². The average Bonchev–Trinajstić information content (AvgIpc) is 2.95. The Morgan fingerprint density at radius 2 is 1.71 bits per heavy atom. The van der Waals surface area contributed by atoms with Gasteiger partial charge >= 0.3 is 0 Å². The van der Waals surface area contributed by atoms with E-state index in [9.17, 15) is 4.79 Å². The molecule has 0 radical (unpaired) electrons. The first kappa shape index (κ1) is 13.2. The number of aryl methyl sites for hydroxylation is 2. The van der Waals surface area contributed by atoms with Crippen LogP contribution in [0.5, 0.6) is 0 Å². The number of hydrogen-bond acceptors (Lipinski definition) is 4. The maximum Gasteiger partial charge on any atom is 0.213 e. The number of para-hydroxylation sites is 1. The van der Waals surface area contributed by atoms with Crippen LogP contribution in [0.15, 0.2) is 48.7 Å². The largest absolute Gasteiger partial charge is 0.287 e. The summed E-state index contributed by atoms with van der Waals surface area (Å²) in [5, 5.41) is 7.87. The molecule has 0 unspecified atom stereocenters. The molecule has 2 aromatic heterocycles. The third-order valence-electron chi connectivity index (χ3n) is 3.13. The van der Waals surface area contributed by atoms with Gasteiger partial charge in [-0.05, 0) is 38.1 Å². The summed E-state index contributed by atoms with van der Waals surface area (Å²) in [6.45, 7) is 3.74. The molecular formula is C16H14N4O. The summed E-state index contributed by atoms with van der Waals surface area (Å²) in [6.07, 6.45) is 1.49. The zero-order chi connectivity index (χ0) is 14.8. The van der Waals surface area contributed by atoms with Crippen LogP contribution in [0.2, 0.25) is 0 Å². The van der Waals surface area contributed by atoms with Crippen molar-refractivity contribution in [3.05, 3.63) is 71.3 Å². The Morgan fingerprint density at radius 3 is 2.38 bits per heavy atom. The monoisotopic (exact) mass is 278 g/mol. The molecule has 2 heterocycles. The molecule has 0 saturated heterocycles. The maximum absolute atomic E-state index is 12.7. The van der Waals surface area contributed by atoms with Gasteiger partial charge in [0, 0.05) is 17.0 Å². The third kappa shape index (κ3) is 2.58. The second-order valence-corrected chi connectivity index (χ2v) is 4.83. The predicted octanol–water partition coefficient (Wildman–Crippen LogP) is 2.51. The lowest BCUT2D eigenvalue weighted by Gasteiger charge is -2.06. The predicted molar refractivity (Wildman–Crippen MR) is 78.5 cm³/mol. The van der Waals surface area contributed by atoms with Crippen molar-refractivity contribution in [2.24, 2.45) is 0 Å². The third-order valence-corrected chi connectivity index (χ3v) is 3.13. The second kappa shape index (κ2) is 5.28. The molecule has 0 amide bonds. The number of benzene rings is 1. The van der Waals surface area contributed by atoms with Crippen molar-refractivity contribution < 1.29 is 4.79 Å². The van der Waals surface area contributed by atoms with E-state index in [0.717, 1.165) is 17.1 Å². The highest BCUT2D eigenvalue weighted by atomic mass is 16.1. The number of carbonyl (C=O) groups excluding carboxylic acids is 1. The van der Waals surface area contributed by atoms with Crippen LogP contribution in [0.1, 0.15) is 27.4 Å².